The maximum absolute atomic E-state index is 9.30. The van der Waals surface area contributed by atoms with Gasteiger partial charge in [-0.1, -0.05) is 20.8 Å². The molecule has 0 aliphatic heterocycles. The van der Waals surface area contributed by atoms with Gasteiger partial charge in [-0.2, -0.15) is 15.3 Å². The number of nitriles is 1. The van der Waals surface area contributed by atoms with Crippen molar-refractivity contribution in [1.29, 1.82) is 5.26 Å². The lowest BCUT2D eigenvalue weighted by Gasteiger charge is -2.51. The van der Waals surface area contributed by atoms with E-state index in [4.69, 9.17) is 0 Å². The van der Waals surface area contributed by atoms with E-state index in [1.54, 1.807) is 12.4 Å². The lowest BCUT2D eigenvalue weighted by molar-refractivity contribution is 0.0654. The fourth-order valence-electron chi connectivity index (χ4n) is 2.95. The van der Waals surface area contributed by atoms with Gasteiger partial charge < -0.3 is 10.6 Å². The Bertz CT molecular complexity index is 730. The molecule has 2 aromatic heterocycles. The normalized spacial score (nSPS) is 21.6. The minimum absolute atomic E-state index is 0.201. The van der Waals surface area contributed by atoms with E-state index in [1.165, 1.54) is 0 Å². The predicted octanol–water partition coefficient (Wildman–Crippen LogP) is 2.57. The first kappa shape index (κ1) is 16.2. The zero-order valence-electron chi connectivity index (χ0n) is 14.3. The number of nitrogens with one attached hydrogen (secondary N) is 3. The molecule has 2 atom stereocenters. The average molecular weight is 325 g/mol. The molecule has 1 saturated carbocycles. The first-order chi connectivity index (χ1) is 11.5. The first-order valence-electron chi connectivity index (χ1n) is 8.26. The summed E-state index contributed by atoms with van der Waals surface area (Å²) in [4.78, 5) is 8.72. The molecule has 3 N–H and O–H groups in total. The number of aromatic nitrogens is 4. The van der Waals surface area contributed by atoms with Crippen molar-refractivity contribution in [3.63, 3.8) is 0 Å². The fraction of sp³-hybridized carbons (Fsp3) is 0.529. The van der Waals surface area contributed by atoms with Crippen LogP contribution in [0.5, 0.6) is 0 Å². The van der Waals surface area contributed by atoms with E-state index >= 15 is 0 Å². The van der Waals surface area contributed by atoms with Crippen LogP contribution in [0, 0.1) is 22.7 Å². The van der Waals surface area contributed by atoms with Crippen molar-refractivity contribution in [3.05, 3.63) is 29.7 Å². The van der Waals surface area contributed by atoms with Crippen LogP contribution >= 0.6 is 0 Å². The largest absolute Gasteiger partial charge is 0.366 e. The zero-order chi connectivity index (χ0) is 17.2. The monoisotopic (exact) mass is 325 g/mol. The summed E-state index contributed by atoms with van der Waals surface area (Å²) in [5, 5.41) is 22.6. The highest BCUT2D eigenvalue weighted by Crippen LogP contribution is 2.47. The maximum atomic E-state index is 9.30. The fourth-order valence-corrected chi connectivity index (χ4v) is 2.95. The molecule has 1 aliphatic carbocycles. The van der Waals surface area contributed by atoms with E-state index in [1.807, 2.05) is 6.20 Å². The first-order valence-corrected chi connectivity index (χ1v) is 8.26. The second-order valence-electron chi connectivity index (χ2n) is 7.01. The summed E-state index contributed by atoms with van der Waals surface area (Å²) in [6, 6.07) is 2.49. The van der Waals surface area contributed by atoms with E-state index in [-0.39, 0.29) is 5.41 Å². The molecule has 7 nitrogen and oxygen atoms in total. The van der Waals surface area contributed by atoms with E-state index in [0.717, 1.165) is 18.4 Å². The summed E-state index contributed by atoms with van der Waals surface area (Å²) in [7, 11) is 0. The summed E-state index contributed by atoms with van der Waals surface area (Å²) in [6.07, 6.45) is 7.16. The van der Waals surface area contributed by atoms with Crippen molar-refractivity contribution in [1.82, 2.24) is 20.2 Å². The standard InChI is InChI=1S/C17H23N7/c1-11-6-14(17(11,2)3)23-15-13(7-18)10-20-16(24-15)19-5-4-12-8-21-22-9-12/h8-11,14H,4-6H2,1-3H3,(H,21,22)(H2,19,20,23,24)/t11-,14+/m0/s1. The van der Waals surface area contributed by atoms with Crippen LogP contribution in [0.2, 0.25) is 0 Å². The average Bonchev–Trinajstić information content (AvgIpc) is 3.08. The Morgan fingerprint density at radius 3 is 2.88 bits per heavy atom. The van der Waals surface area contributed by atoms with Crippen molar-refractivity contribution in [2.75, 3.05) is 17.2 Å². The van der Waals surface area contributed by atoms with Gasteiger partial charge in [0.25, 0.3) is 0 Å². The van der Waals surface area contributed by atoms with Gasteiger partial charge in [-0.3, -0.25) is 5.10 Å². The Morgan fingerprint density at radius 2 is 2.25 bits per heavy atom. The summed E-state index contributed by atoms with van der Waals surface area (Å²) < 4.78 is 0. The molecular weight excluding hydrogens is 302 g/mol. The lowest BCUT2D eigenvalue weighted by atomic mass is 9.59. The number of hydrogen-bond donors (Lipinski definition) is 3. The van der Waals surface area contributed by atoms with Gasteiger partial charge in [0.05, 0.1) is 12.4 Å². The predicted molar refractivity (Wildman–Crippen MR) is 92.5 cm³/mol. The Kier molecular flexibility index (Phi) is 4.38. The molecule has 0 aromatic carbocycles. The number of nitrogens with zero attached hydrogens (tertiary/aromatic N) is 4. The van der Waals surface area contributed by atoms with E-state index < -0.39 is 0 Å². The maximum Gasteiger partial charge on any atom is 0.224 e. The zero-order valence-corrected chi connectivity index (χ0v) is 14.3. The molecule has 7 heteroatoms. The van der Waals surface area contributed by atoms with Crippen LogP contribution in [-0.2, 0) is 6.42 Å². The van der Waals surface area contributed by atoms with Crippen LogP contribution in [0.15, 0.2) is 18.6 Å². The van der Waals surface area contributed by atoms with Crippen LogP contribution in [0.1, 0.15) is 38.3 Å². The van der Waals surface area contributed by atoms with Gasteiger partial charge in [-0.05, 0) is 29.7 Å². The second-order valence-corrected chi connectivity index (χ2v) is 7.01. The number of aromatic amines is 1. The molecule has 0 amide bonds. The SMILES string of the molecule is C[C@H]1C[C@@H](Nc2nc(NCCc3cn[nH]c3)ncc2C#N)C1(C)C. The summed E-state index contributed by atoms with van der Waals surface area (Å²) in [5.41, 5.74) is 1.80. The molecule has 24 heavy (non-hydrogen) atoms. The molecule has 1 fully saturated rings. The smallest absolute Gasteiger partial charge is 0.224 e. The number of hydrogen-bond acceptors (Lipinski definition) is 6. The van der Waals surface area contributed by atoms with Gasteiger partial charge in [0.15, 0.2) is 0 Å². The Balaban J connectivity index is 1.66. The van der Waals surface area contributed by atoms with Gasteiger partial charge in [0, 0.05) is 18.8 Å². The minimum atomic E-state index is 0.201. The third-order valence-corrected chi connectivity index (χ3v) is 5.23. The van der Waals surface area contributed by atoms with E-state index in [0.29, 0.717) is 35.8 Å². The van der Waals surface area contributed by atoms with Crippen molar-refractivity contribution in [2.24, 2.45) is 11.3 Å². The molecule has 0 unspecified atom stereocenters. The molecule has 0 radical (unpaired) electrons. The van der Waals surface area contributed by atoms with Crippen LogP contribution in [0.4, 0.5) is 11.8 Å². The van der Waals surface area contributed by atoms with Crippen LogP contribution < -0.4 is 10.6 Å². The quantitative estimate of drug-likeness (QED) is 0.754. The van der Waals surface area contributed by atoms with Crippen LogP contribution in [0.3, 0.4) is 0 Å². The molecule has 1 aliphatic rings. The Hall–Kier alpha value is -2.62. The van der Waals surface area contributed by atoms with Crippen molar-refractivity contribution in [3.8, 4) is 6.07 Å². The summed E-state index contributed by atoms with van der Waals surface area (Å²) in [6.45, 7) is 7.45. The second kappa shape index (κ2) is 6.48. The number of rotatable bonds is 6. The topological polar surface area (TPSA) is 102 Å². The van der Waals surface area contributed by atoms with Gasteiger partial charge in [-0.15, -0.1) is 0 Å². The van der Waals surface area contributed by atoms with Crippen molar-refractivity contribution >= 4 is 11.8 Å². The summed E-state index contributed by atoms with van der Waals surface area (Å²) in [5.74, 6) is 1.81. The molecular formula is C17H23N7. The minimum Gasteiger partial charge on any atom is -0.366 e. The van der Waals surface area contributed by atoms with Crippen molar-refractivity contribution < 1.29 is 0 Å². The highest BCUT2D eigenvalue weighted by Gasteiger charge is 2.45. The highest BCUT2D eigenvalue weighted by atomic mass is 15.2. The molecule has 3 rings (SSSR count). The van der Waals surface area contributed by atoms with E-state index in [2.05, 4.69) is 57.6 Å². The van der Waals surface area contributed by atoms with Gasteiger partial charge in [-0.25, -0.2) is 4.98 Å². The molecule has 0 saturated heterocycles. The van der Waals surface area contributed by atoms with Gasteiger partial charge in [0.2, 0.25) is 5.95 Å². The van der Waals surface area contributed by atoms with Gasteiger partial charge in [0.1, 0.15) is 17.5 Å². The molecule has 126 valence electrons. The molecule has 2 aromatic rings. The molecule has 0 spiro atoms. The third-order valence-electron chi connectivity index (χ3n) is 5.23. The number of anilines is 2. The van der Waals surface area contributed by atoms with Gasteiger partial charge >= 0.3 is 0 Å². The van der Waals surface area contributed by atoms with Crippen LogP contribution in [-0.4, -0.2) is 32.8 Å². The van der Waals surface area contributed by atoms with E-state index in [9.17, 15) is 5.26 Å². The number of H-pyrrole nitrogens is 1. The molecule has 2 heterocycles. The lowest BCUT2D eigenvalue weighted by Crippen LogP contribution is -2.52. The highest BCUT2D eigenvalue weighted by molar-refractivity contribution is 5.54. The summed E-state index contributed by atoms with van der Waals surface area (Å²) >= 11 is 0. The van der Waals surface area contributed by atoms with Crippen molar-refractivity contribution in [2.45, 2.75) is 39.7 Å². The Labute approximate surface area is 141 Å². The molecule has 0 bridgehead atoms. The third kappa shape index (κ3) is 3.18. The van der Waals surface area contributed by atoms with Crippen LogP contribution in [0.25, 0.3) is 0 Å². The Morgan fingerprint density at radius 1 is 1.42 bits per heavy atom.